The first kappa shape index (κ1) is 14.9. The number of aryl methyl sites for hydroxylation is 2. The van der Waals surface area contributed by atoms with Crippen molar-refractivity contribution in [3.8, 4) is 5.75 Å². The Morgan fingerprint density at radius 3 is 2.62 bits per heavy atom. The van der Waals surface area contributed by atoms with E-state index in [2.05, 4.69) is 5.32 Å². The highest BCUT2D eigenvalue weighted by atomic mass is 16.5. The predicted octanol–water partition coefficient (Wildman–Crippen LogP) is 3.54. The van der Waals surface area contributed by atoms with Crippen LogP contribution in [0.15, 0.2) is 36.4 Å². The second-order valence-electron chi connectivity index (χ2n) is 4.96. The molecule has 0 aliphatic carbocycles. The molecule has 2 aromatic rings. The van der Waals surface area contributed by atoms with E-state index in [1.807, 2.05) is 39.0 Å². The number of carbonyl (C=O) groups is 1. The molecule has 3 N–H and O–H groups in total. The number of nitrogens with one attached hydrogen (secondary N) is 1. The van der Waals surface area contributed by atoms with Crippen molar-refractivity contribution in [2.24, 2.45) is 0 Å². The first-order chi connectivity index (χ1) is 10.0. The minimum atomic E-state index is -0.176. The Morgan fingerprint density at radius 1 is 1.19 bits per heavy atom. The van der Waals surface area contributed by atoms with Gasteiger partial charge in [-0.1, -0.05) is 6.07 Å². The SMILES string of the molecule is CCOc1ccc(C)cc1NC(=O)c1ccc(N)c(C)c1. The standard InChI is InChI=1S/C17H20N2O2/c1-4-21-16-8-5-11(2)9-15(16)19-17(20)13-6-7-14(18)12(3)10-13/h5-10H,4,18H2,1-3H3,(H,19,20). The van der Waals surface area contributed by atoms with Crippen molar-refractivity contribution in [3.63, 3.8) is 0 Å². The predicted molar refractivity (Wildman–Crippen MR) is 85.9 cm³/mol. The lowest BCUT2D eigenvalue weighted by Crippen LogP contribution is -2.13. The van der Waals surface area contributed by atoms with E-state index in [0.717, 1.165) is 11.1 Å². The summed E-state index contributed by atoms with van der Waals surface area (Å²) in [6.07, 6.45) is 0. The van der Waals surface area contributed by atoms with Gasteiger partial charge in [0.15, 0.2) is 0 Å². The first-order valence-electron chi connectivity index (χ1n) is 6.92. The van der Waals surface area contributed by atoms with Gasteiger partial charge in [-0.2, -0.15) is 0 Å². The zero-order valence-corrected chi connectivity index (χ0v) is 12.6. The van der Waals surface area contributed by atoms with E-state index in [4.69, 9.17) is 10.5 Å². The summed E-state index contributed by atoms with van der Waals surface area (Å²) < 4.78 is 5.54. The topological polar surface area (TPSA) is 64.3 Å². The second-order valence-corrected chi connectivity index (χ2v) is 4.96. The third kappa shape index (κ3) is 3.54. The van der Waals surface area contributed by atoms with Crippen molar-refractivity contribution in [2.45, 2.75) is 20.8 Å². The summed E-state index contributed by atoms with van der Waals surface area (Å²) in [5, 5.41) is 2.89. The molecule has 0 aromatic heterocycles. The largest absolute Gasteiger partial charge is 0.492 e. The number of hydrogen-bond acceptors (Lipinski definition) is 3. The van der Waals surface area contributed by atoms with Gasteiger partial charge in [-0.15, -0.1) is 0 Å². The van der Waals surface area contributed by atoms with Crippen LogP contribution in [-0.2, 0) is 0 Å². The molecule has 0 fully saturated rings. The number of amides is 1. The molecule has 4 heteroatoms. The van der Waals surface area contributed by atoms with Crippen LogP contribution in [0.1, 0.15) is 28.4 Å². The zero-order valence-electron chi connectivity index (χ0n) is 12.6. The number of anilines is 2. The smallest absolute Gasteiger partial charge is 0.255 e. The molecule has 0 aliphatic rings. The van der Waals surface area contributed by atoms with Crippen molar-refractivity contribution in [3.05, 3.63) is 53.1 Å². The highest BCUT2D eigenvalue weighted by molar-refractivity contribution is 6.05. The molecule has 0 saturated carbocycles. The van der Waals surface area contributed by atoms with Crippen LogP contribution >= 0.6 is 0 Å². The van der Waals surface area contributed by atoms with Gasteiger partial charge in [-0.25, -0.2) is 0 Å². The fourth-order valence-electron chi connectivity index (χ4n) is 2.03. The molecule has 0 radical (unpaired) electrons. The lowest BCUT2D eigenvalue weighted by molar-refractivity contribution is 0.102. The Morgan fingerprint density at radius 2 is 1.95 bits per heavy atom. The zero-order chi connectivity index (χ0) is 15.4. The summed E-state index contributed by atoms with van der Waals surface area (Å²) >= 11 is 0. The maximum absolute atomic E-state index is 12.3. The van der Waals surface area contributed by atoms with Crippen LogP contribution in [0, 0.1) is 13.8 Å². The van der Waals surface area contributed by atoms with E-state index in [9.17, 15) is 4.79 Å². The van der Waals surface area contributed by atoms with Crippen molar-refractivity contribution in [1.82, 2.24) is 0 Å². The van der Waals surface area contributed by atoms with Gasteiger partial charge in [0.2, 0.25) is 0 Å². The molecular formula is C17H20N2O2. The first-order valence-corrected chi connectivity index (χ1v) is 6.92. The quantitative estimate of drug-likeness (QED) is 0.844. The normalized spacial score (nSPS) is 10.2. The molecule has 2 rings (SSSR count). The van der Waals surface area contributed by atoms with Crippen LogP contribution in [0.2, 0.25) is 0 Å². The van der Waals surface area contributed by atoms with Crippen molar-refractivity contribution in [1.29, 1.82) is 0 Å². The number of carbonyl (C=O) groups excluding carboxylic acids is 1. The Labute approximate surface area is 124 Å². The van der Waals surface area contributed by atoms with Gasteiger partial charge in [0.05, 0.1) is 12.3 Å². The summed E-state index contributed by atoms with van der Waals surface area (Å²) in [6.45, 7) is 6.31. The van der Waals surface area contributed by atoms with Crippen LogP contribution in [0.4, 0.5) is 11.4 Å². The second kappa shape index (κ2) is 6.31. The number of nitrogens with two attached hydrogens (primary N) is 1. The summed E-state index contributed by atoms with van der Waals surface area (Å²) in [5.41, 5.74) is 9.65. The van der Waals surface area contributed by atoms with Crippen LogP contribution in [0.25, 0.3) is 0 Å². The molecule has 0 aliphatic heterocycles. The Bertz CT molecular complexity index is 666. The van der Waals surface area contributed by atoms with E-state index < -0.39 is 0 Å². The minimum Gasteiger partial charge on any atom is -0.492 e. The van der Waals surface area contributed by atoms with Crippen LogP contribution < -0.4 is 15.8 Å². The van der Waals surface area contributed by atoms with Gasteiger partial charge < -0.3 is 15.8 Å². The van der Waals surface area contributed by atoms with Gasteiger partial charge in [-0.3, -0.25) is 4.79 Å². The van der Waals surface area contributed by atoms with E-state index in [1.54, 1.807) is 18.2 Å². The fourth-order valence-corrected chi connectivity index (χ4v) is 2.03. The van der Waals surface area contributed by atoms with Gasteiger partial charge >= 0.3 is 0 Å². The number of nitrogen functional groups attached to an aromatic ring is 1. The van der Waals surface area contributed by atoms with Crippen LogP contribution in [0.3, 0.4) is 0 Å². The summed E-state index contributed by atoms with van der Waals surface area (Å²) in [6, 6.07) is 10.9. The third-order valence-corrected chi connectivity index (χ3v) is 3.22. The Hall–Kier alpha value is -2.49. The lowest BCUT2D eigenvalue weighted by Gasteiger charge is -2.13. The highest BCUT2D eigenvalue weighted by Crippen LogP contribution is 2.26. The van der Waals surface area contributed by atoms with E-state index in [0.29, 0.717) is 29.3 Å². The van der Waals surface area contributed by atoms with Crippen LogP contribution in [-0.4, -0.2) is 12.5 Å². The lowest BCUT2D eigenvalue weighted by atomic mass is 10.1. The number of benzene rings is 2. The average molecular weight is 284 g/mol. The molecule has 110 valence electrons. The molecule has 1 amide bonds. The summed E-state index contributed by atoms with van der Waals surface area (Å²) in [7, 11) is 0. The molecule has 0 spiro atoms. The minimum absolute atomic E-state index is 0.176. The number of ether oxygens (including phenoxy) is 1. The molecule has 0 saturated heterocycles. The maximum atomic E-state index is 12.3. The Kier molecular flexibility index (Phi) is 4.48. The molecular weight excluding hydrogens is 264 g/mol. The van der Waals surface area contributed by atoms with Crippen molar-refractivity contribution >= 4 is 17.3 Å². The van der Waals surface area contributed by atoms with Crippen LogP contribution in [0.5, 0.6) is 5.75 Å². The maximum Gasteiger partial charge on any atom is 0.255 e. The van der Waals surface area contributed by atoms with E-state index in [-0.39, 0.29) is 5.91 Å². The average Bonchev–Trinajstić information content (AvgIpc) is 2.45. The van der Waals surface area contributed by atoms with Crippen molar-refractivity contribution < 1.29 is 9.53 Å². The van der Waals surface area contributed by atoms with Gasteiger partial charge in [0, 0.05) is 11.3 Å². The van der Waals surface area contributed by atoms with E-state index in [1.165, 1.54) is 0 Å². The summed E-state index contributed by atoms with van der Waals surface area (Å²) in [4.78, 5) is 12.3. The number of rotatable bonds is 4. The highest BCUT2D eigenvalue weighted by Gasteiger charge is 2.11. The molecule has 21 heavy (non-hydrogen) atoms. The molecule has 0 unspecified atom stereocenters. The van der Waals surface area contributed by atoms with Crippen molar-refractivity contribution in [2.75, 3.05) is 17.7 Å². The third-order valence-electron chi connectivity index (χ3n) is 3.22. The Balaban J connectivity index is 2.26. The monoisotopic (exact) mass is 284 g/mol. The molecule has 0 bridgehead atoms. The fraction of sp³-hybridized carbons (Fsp3) is 0.235. The molecule has 4 nitrogen and oxygen atoms in total. The van der Waals surface area contributed by atoms with Gasteiger partial charge in [-0.05, 0) is 62.2 Å². The van der Waals surface area contributed by atoms with Gasteiger partial charge in [0.25, 0.3) is 5.91 Å². The molecule has 0 heterocycles. The van der Waals surface area contributed by atoms with Gasteiger partial charge in [0.1, 0.15) is 5.75 Å². The summed E-state index contributed by atoms with van der Waals surface area (Å²) in [5.74, 6) is 0.494. The molecule has 0 atom stereocenters. The number of hydrogen-bond donors (Lipinski definition) is 2. The van der Waals surface area contributed by atoms with E-state index >= 15 is 0 Å². The molecule has 2 aromatic carbocycles.